The second-order valence-corrected chi connectivity index (χ2v) is 6.27. The van der Waals surface area contributed by atoms with Gasteiger partial charge < -0.3 is 16.4 Å². The molecule has 0 fully saturated rings. The number of carbonyl (C=O) groups excluding carboxylic acids is 2. The van der Waals surface area contributed by atoms with E-state index in [0.29, 0.717) is 0 Å². The number of anilines is 1. The normalized spacial score (nSPS) is 13.1. The number of aryl methyl sites for hydroxylation is 1. The average Bonchev–Trinajstić information content (AvgIpc) is 2.61. The molecule has 2 amide bonds. The zero-order valence-electron chi connectivity index (χ0n) is 14.7. The summed E-state index contributed by atoms with van der Waals surface area (Å²) in [6.45, 7) is 4.01. The molecule has 2 aromatic rings. The summed E-state index contributed by atoms with van der Waals surface area (Å²) in [5.74, 6) is -0.996. The predicted molar refractivity (Wildman–Crippen MR) is 99.9 cm³/mol. The molecule has 25 heavy (non-hydrogen) atoms. The standard InChI is InChI=1S/C20H25N3O2/c1-14-7-6-10-17(13-14)23(12-11-18(21)24)20(25)15(2)19(22)16-8-4-3-5-9-16/h3-10,13,15,19H,11-12,22H2,1-2H3,(H2,21,24). The van der Waals surface area contributed by atoms with Crippen molar-refractivity contribution in [3.8, 4) is 0 Å². The lowest BCUT2D eigenvalue weighted by Gasteiger charge is -2.28. The van der Waals surface area contributed by atoms with E-state index in [1.54, 1.807) is 4.90 Å². The molecule has 2 unspecified atom stereocenters. The fourth-order valence-corrected chi connectivity index (χ4v) is 2.75. The highest BCUT2D eigenvalue weighted by Crippen LogP contribution is 2.25. The van der Waals surface area contributed by atoms with Crippen molar-refractivity contribution in [2.75, 3.05) is 11.4 Å². The Kier molecular flexibility index (Phi) is 6.31. The van der Waals surface area contributed by atoms with Gasteiger partial charge in [-0.1, -0.05) is 49.4 Å². The largest absolute Gasteiger partial charge is 0.370 e. The first-order valence-electron chi connectivity index (χ1n) is 8.37. The zero-order chi connectivity index (χ0) is 18.4. The molecule has 0 aliphatic heterocycles. The van der Waals surface area contributed by atoms with Gasteiger partial charge >= 0.3 is 0 Å². The van der Waals surface area contributed by atoms with E-state index >= 15 is 0 Å². The van der Waals surface area contributed by atoms with Gasteiger partial charge in [-0.2, -0.15) is 0 Å². The van der Waals surface area contributed by atoms with Gasteiger partial charge in [-0.05, 0) is 30.2 Å². The fourth-order valence-electron chi connectivity index (χ4n) is 2.75. The molecule has 0 bridgehead atoms. The van der Waals surface area contributed by atoms with Gasteiger partial charge in [0.25, 0.3) is 0 Å². The summed E-state index contributed by atoms with van der Waals surface area (Å²) in [5.41, 5.74) is 14.3. The third kappa shape index (κ3) is 4.90. The Morgan fingerprint density at radius 1 is 1.08 bits per heavy atom. The molecule has 0 saturated carbocycles. The summed E-state index contributed by atoms with van der Waals surface area (Å²) in [6.07, 6.45) is 0.104. The minimum atomic E-state index is -0.439. The van der Waals surface area contributed by atoms with Crippen molar-refractivity contribution in [3.05, 3.63) is 65.7 Å². The molecule has 0 saturated heterocycles. The molecule has 2 aromatic carbocycles. The van der Waals surface area contributed by atoms with Crippen molar-refractivity contribution in [1.29, 1.82) is 0 Å². The molecule has 0 heterocycles. The van der Waals surface area contributed by atoms with Crippen LogP contribution in [0.2, 0.25) is 0 Å². The van der Waals surface area contributed by atoms with Crippen LogP contribution in [0.5, 0.6) is 0 Å². The van der Waals surface area contributed by atoms with Crippen LogP contribution in [0.25, 0.3) is 0 Å². The van der Waals surface area contributed by atoms with Crippen LogP contribution in [0.4, 0.5) is 5.69 Å². The molecule has 2 atom stereocenters. The van der Waals surface area contributed by atoms with Gasteiger partial charge in [0.1, 0.15) is 0 Å². The van der Waals surface area contributed by atoms with E-state index in [0.717, 1.165) is 16.8 Å². The minimum absolute atomic E-state index is 0.104. The van der Waals surface area contributed by atoms with E-state index in [-0.39, 0.29) is 18.9 Å². The molecule has 4 N–H and O–H groups in total. The summed E-state index contributed by atoms with van der Waals surface area (Å²) in [7, 11) is 0. The Morgan fingerprint density at radius 2 is 1.76 bits per heavy atom. The van der Waals surface area contributed by atoms with Crippen molar-refractivity contribution >= 4 is 17.5 Å². The Balaban J connectivity index is 2.26. The molecule has 0 radical (unpaired) electrons. The topological polar surface area (TPSA) is 89.4 Å². The Labute approximate surface area is 148 Å². The van der Waals surface area contributed by atoms with Crippen molar-refractivity contribution < 1.29 is 9.59 Å². The SMILES string of the molecule is Cc1cccc(N(CCC(N)=O)C(=O)C(C)C(N)c2ccccc2)c1. The molecule has 132 valence electrons. The van der Waals surface area contributed by atoms with Crippen LogP contribution in [0.1, 0.15) is 30.5 Å². The van der Waals surface area contributed by atoms with E-state index in [4.69, 9.17) is 11.5 Å². The van der Waals surface area contributed by atoms with Crippen LogP contribution in [0.15, 0.2) is 54.6 Å². The summed E-state index contributed by atoms with van der Waals surface area (Å²) >= 11 is 0. The van der Waals surface area contributed by atoms with Crippen LogP contribution in [0, 0.1) is 12.8 Å². The molecule has 0 aromatic heterocycles. The van der Waals surface area contributed by atoms with E-state index in [1.165, 1.54) is 0 Å². The van der Waals surface area contributed by atoms with Gasteiger partial charge in [-0.3, -0.25) is 9.59 Å². The maximum atomic E-state index is 13.1. The second-order valence-electron chi connectivity index (χ2n) is 6.27. The Hall–Kier alpha value is -2.66. The Bertz CT molecular complexity index is 731. The number of hydrogen-bond acceptors (Lipinski definition) is 3. The first kappa shape index (κ1) is 18.7. The smallest absolute Gasteiger partial charge is 0.231 e. The highest BCUT2D eigenvalue weighted by molar-refractivity contribution is 5.96. The molecule has 0 aliphatic rings. The van der Waals surface area contributed by atoms with E-state index in [1.807, 2.05) is 68.4 Å². The second kappa shape index (κ2) is 8.44. The molecule has 0 spiro atoms. The summed E-state index contributed by atoms with van der Waals surface area (Å²) in [5, 5.41) is 0. The van der Waals surface area contributed by atoms with Crippen molar-refractivity contribution in [2.24, 2.45) is 17.4 Å². The molecule has 2 rings (SSSR count). The van der Waals surface area contributed by atoms with Crippen molar-refractivity contribution in [3.63, 3.8) is 0 Å². The number of benzene rings is 2. The molecule has 0 aliphatic carbocycles. The molecule has 5 nitrogen and oxygen atoms in total. The van der Waals surface area contributed by atoms with Crippen LogP contribution in [-0.2, 0) is 9.59 Å². The first-order chi connectivity index (χ1) is 11.9. The molecule has 5 heteroatoms. The molecular formula is C20H25N3O2. The van der Waals surface area contributed by atoms with E-state index < -0.39 is 17.9 Å². The fraction of sp³-hybridized carbons (Fsp3) is 0.300. The van der Waals surface area contributed by atoms with Gasteiger partial charge in [0.15, 0.2) is 0 Å². The van der Waals surface area contributed by atoms with Crippen LogP contribution >= 0.6 is 0 Å². The average molecular weight is 339 g/mol. The lowest BCUT2D eigenvalue weighted by molar-refractivity contribution is -0.122. The lowest BCUT2D eigenvalue weighted by atomic mass is 9.94. The van der Waals surface area contributed by atoms with Crippen LogP contribution in [0.3, 0.4) is 0 Å². The number of nitrogens with two attached hydrogens (primary N) is 2. The quantitative estimate of drug-likeness (QED) is 0.812. The number of hydrogen-bond donors (Lipinski definition) is 2. The van der Waals surface area contributed by atoms with Crippen LogP contribution < -0.4 is 16.4 Å². The van der Waals surface area contributed by atoms with Gasteiger partial charge in [-0.25, -0.2) is 0 Å². The predicted octanol–water partition coefficient (Wildman–Crippen LogP) is 2.54. The summed E-state index contributed by atoms with van der Waals surface area (Å²) in [6, 6.07) is 16.7. The van der Waals surface area contributed by atoms with Gasteiger partial charge in [0, 0.05) is 24.7 Å². The highest BCUT2D eigenvalue weighted by Gasteiger charge is 2.27. The minimum Gasteiger partial charge on any atom is -0.370 e. The van der Waals surface area contributed by atoms with Gasteiger partial charge in [0.05, 0.1) is 5.92 Å². The van der Waals surface area contributed by atoms with Gasteiger partial charge in [0.2, 0.25) is 11.8 Å². The number of rotatable bonds is 7. The Morgan fingerprint density at radius 3 is 2.36 bits per heavy atom. The maximum Gasteiger partial charge on any atom is 0.231 e. The maximum absolute atomic E-state index is 13.1. The monoisotopic (exact) mass is 339 g/mol. The number of carbonyl (C=O) groups is 2. The zero-order valence-corrected chi connectivity index (χ0v) is 14.7. The van der Waals surface area contributed by atoms with E-state index in [2.05, 4.69) is 0 Å². The molecular weight excluding hydrogens is 314 g/mol. The lowest BCUT2D eigenvalue weighted by Crippen LogP contribution is -2.41. The van der Waals surface area contributed by atoms with Gasteiger partial charge in [-0.15, -0.1) is 0 Å². The summed E-state index contributed by atoms with van der Waals surface area (Å²) < 4.78 is 0. The van der Waals surface area contributed by atoms with Crippen molar-refractivity contribution in [2.45, 2.75) is 26.3 Å². The number of primary amides is 1. The third-order valence-electron chi connectivity index (χ3n) is 4.27. The van der Waals surface area contributed by atoms with E-state index in [9.17, 15) is 9.59 Å². The first-order valence-corrected chi connectivity index (χ1v) is 8.37. The van der Waals surface area contributed by atoms with Crippen LogP contribution in [-0.4, -0.2) is 18.4 Å². The highest BCUT2D eigenvalue weighted by atomic mass is 16.2. The number of amides is 2. The third-order valence-corrected chi connectivity index (χ3v) is 4.27. The number of nitrogens with zero attached hydrogens (tertiary/aromatic N) is 1. The summed E-state index contributed by atoms with van der Waals surface area (Å²) in [4.78, 5) is 25.9. The van der Waals surface area contributed by atoms with Crippen molar-refractivity contribution in [1.82, 2.24) is 0 Å².